The van der Waals surface area contributed by atoms with Gasteiger partial charge in [0.25, 0.3) is 0 Å². The average molecular weight is 234 g/mol. The summed E-state index contributed by atoms with van der Waals surface area (Å²) >= 11 is 0. The molecule has 0 unspecified atom stereocenters. The summed E-state index contributed by atoms with van der Waals surface area (Å²) in [4.78, 5) is 4.41. The van der Waals surface area contributed by atoms with Crippen LogP contribution in [0.4, 0.5) is 0 Å². The molecule has 1 fully saturated rings. The first-order valence-electron chi connectivity index (χ1n) is 6.59. The van der Waals surface area contributed by atoms with Gasteiger partial charge in [-0.1, -0.05) is 19.8 Å². The van der Waals surface area contributed by atoms with E-state index in [0.717, 1.165) is 37.2 Å². The van der Waals surface area contributed by atoms with Crippen molar-refractivity contribution in [2.45, 2.75) is 39.7 Å². The summed E-state index contributed by atoms with van der Waals surface area (Å²) < 4.78 is 5.72. The van der Waals surface area contributed by atoms with Crippen LogP contribution in [0.2, 0.25) is 0 Å². The SMILES string of the molecule is CCNCc1cc(C)nc(OCCC2CC2)c1. The van der Waals surface area contributed by atoms with E-state index in [4.69, 9.17) is 4.74 Å². The van der Waals surface area contributed by atoms with Gasteiger partial charge in [0.1, 0.15) is 0 Å². The second-order valence-electron chi connectivity index (χ2n) is 4.82. The van der Waals surface area contributed by atoms with Gasteiger partial charge in [-0.3, -0.25) is 0 Å². The lowest BCUT2D eigenvalue weighted by Crippen LogP contribution is -2.12. The summed E-state index contributed by atoms with van der Waals surface area (Å²) in [7, 11) is 0. The zero-order chi connectivity index (χ0) is 12.1. The van der Waals surface area contributed by atoms with E-state index in [1.54, 1.807) is 0 Å². The number of nitrogens with zero attached hydrogens (tertiary/aromatic N) is 1. The highest BCUT2D eigenvalue weighted by molar-refractivity contribution is 5.24. The third kappa shape index (κ3) is 4.35. The van der Waals surface area contributed by atoms with Gasteiger partial charge in [0.2, 0.25) is 5.88 Å². The van der Waals surface area contributed by atoms with Crippen molar-refractivity contribution in [3.63, 3.8) is 0 Å². The fraction of sp³-hybridized carbons (Fsp3) is 0.643. The van der Waals surface area contributed by atoms with Crippen LogP contribution in [0.15, 0.2) is 12.1 Å². The number of aryl methyl sites for hydroxylation is 1. The molecule has 0 aliphatic heterocycles. The minimum Gasteiger partial charge on any atom is -0.478 e. The number of nitrogens with one attached hydrogen (secondary N) is 1. The van der Waals surface area contributed by atoms with Crippen LogP contribution >= 0.6 is 0 Å². The van der Waals surface area contributed by atoms with Crippen molar-refractivity contribution in [2.24, 2.45) is 5.92 Å². The molecule has 0 amide bonds. The molecule has 17 heavy (non-hydrogen) atoms. The van der Waals surface area contributed by atoms with Gasteiger partial charge in [-0.2, -0.15) is 0 Å². The number of aromatic nitrogens is 1. The Bertz CT molecular complexity index is 361. The highest BCUT2D eigenvalue weighted by Crippen LogP contribution is 2.32. The predicted molar refractivity (Wildman–Crippen MR) is 69.2 cm³/mol. The first-order valence-corrected chi connectivity index (χ1v) is 6.59. The summed E-state index contributed by atoms with van der Waals surface area (Å²) in [5, 5.41) is 3.32. The molecule has 1 aromatic heterocycles. The zero-order valence-electron chi connectivity index (χ0n) is 10.8. The highest BCUT2D eigenvalue weighted by atomic mass is 16.5. The molecule has 1 saturated carbocycles. The first-order chi connectivity index (χ1) is 8.28. The maximum atomic E-state index is 5.72. The Kier molecular flexibility index (Phi) is 4.37. The quantitative estimate of drug-likeness (QED) is 0.787. The van der Waals surface area contributed by atoms with Gasteiger partial charge in [0.15, 0.2) is 0 Å². The number of hydrogen-bond donors (Lipinski definition) is 1. The van der Waals surface area contributed by atoms with E-state index in [-0.39, 0.29) is 0 Å². The lowest BCUT2D eigenvalue weighted by molar-refractivity contribution is 0.290. The van der Waals surface area contributed by atoms with Crippen molar-refractivity contribution in [1.82, 2.24) is 10.3 Å². The summed E-state index contributed by atoms with van der Waals surface area (Å²) in [5.74, 6) is 1.69. The molecule has 0 bridgehead atoms. The highest BCUT2D eigenvalue weighted by Gasteiger charge is 2.20. The van der Waals surface area contributed by atoms with Crippen LogP contribution in [0, 0.1) is 12.8 Å². The van der Waals surface area contributed by atoms with Crippen LogP contribution in [-0.2, 0) is 6.54 Å². The zero-order valence-corrected chi connectivity index (χ0v) is 10.8. The topological polar surface area (TPSA) is 34.2 Å². The van der Waals surface area contributed by atoms with Gasteiger partial charge in [-0.25, -0.2) is 4.98 Å². The number of pyridine rings is 1. The Morgan fingerprint density at radius 1 is 1.41 bits per heavy atom. The molecule has 1 N–H and O–H groups in total. The standard InChI is InChI=1S/C14H22N2O/c1-3-15-10-13-8-11(2)16-14(9-13)17-7-6-12-4-5-12/h8-9,12,15H,3-7,10H2,1-2H3. The monoisotopic (exact) mass is 234 g/mol. The maximum Gasteiger partial charge on any atom is 0.213 e. The molecule has 2 rings (SSSR count). The number of hydrogen-bond acceptors (Lipinski definition) is 3. The summed E-state index contributed by atoms with van der Waals surface area (Å²) in [6, 6.07) is 4.15. The van der Waals surface area contributed by atoms with Crippen LogP contribution < -0.4 is 10.1 Å². The van der Waals surface area contributed by atoms with Gasteiger partial charge in [0, 0.05) is 18.3 Å². The molecule has 0 atom stereocenters. The van der Waals surface area contributed by atoms with Gasteiger partial charge >= 0.3 is 0 Å². The van der Waals surface area contributed by atoms with E-state index in [2.05, 4.69) is 23.3 Å². The van der Waals surface area contributed by atoms with Crippen molar-refractivity contribution in [2.75, 3.05) is 13.2 Å². The molecule has 3 nitrogen and oxygen atoms in total. The molecule has 0 aromatic carbocycles. The van der Waals surface area contributed by atoms with Crippen LogP contribution in [0.1, 0.15) is 37.4 Å². The minimum absolute atomic E-state index is 0.776. The normalized spacial score (nSPS) is 14.9. The van der Waals surface area contributed by atoms with E-state index in [9.17, 15) is 0 Å². The molecule has 1 aliphatic carbocycles. The Labute approximate surface area is 104 Å². The molecular formula is C14H22N2O. The van der Waals surface area contributed by atoms with E-state index < -0.39 is 0 Å². The first kappa shape index (κ1) is 12.4. The van der Waals surface area contributed by atoms with Crippen molar-refractivity contribution in [3.8, 4) is 5.88 Å². The summed E-state index contributed by atoms with van der Waals surface area (Å²) in [6.07, 6.45) is 3.95. The molecule has 3 heteroatoms. The second kappa shape index (κ2) is 6.01. The van der Waals surface area contributed by atoms with Gasteiger partial charge in [-0.15, -0.1) is 0 Å². The van der Waals surface area contributed by atoms with Crippen LogP contribution in [0.3, 0.4) is 0 Å². The molecule has 1 aliphatic rings. The lowest BCUT2D eigenvalue weighted by Gasteiger charge is -2.08. The maximum absolute atomic E-state index is 5.72. The Balaban J connectivity index is 1.87. The van der Waals surface area contributed by atoms with Crippen molar-refractivity contribution >= 4 is 0 Å². The molecule has 0 saturated heterocycles. The average Bonchev–Trinajstić information content (AvgIpc) is 3.10. The van der Waals surface area contributed by atoms with Crippen LogP contribution in [-0.4, -0.2) is 18.1 Å². The summed E-state index contributed by atoms with van der Waals surface area (Å²) in [6.45, 7) is 6.81. The number of rotatable bonds is 7. The largest absolute Gasteiger partial charge is 0.478 e. The van der Waals surface area contributed by atoms with Gasteiger partial charge in [-0.05, 0) is 37.4 Å². The van der Waals surface area contributed by atoms with Crippen LogP contribution in [0.25, 0.3) is 0 Å². The third-order valence-electron chi connectivity index (χ3n) is 3.04. The van der Waals surface area contributed by atoms with Gasteiger partial charge in [0.05, 0.1) is 6.61 Å². The smallest absolute Gasteiger partial charge is 0.213 e. The van der Waals surface area contributed by atoms with Crippen LogP contribution in [0.5, 0.6) is 5.88 Å². The summed E-state index contributed by atoms with van der Waals surface area (Å²) in [5.41, 5.74) is 2.28. The Morgan fingerprint density at radius 3 is 2.94 bits per heavy atom. The molecule has 1 aromatic rings. The molecule has 1 heterocycles. The van der Waals surface area contributed by atoms with Crippen molar-refractivity contribution < 1.29 is 4.74 Å². The lowest BCUT2D eigenvalue weighted by atomic mass is 10.2. The fourth-order valence-corrected chi connectivity index (χ4v) is 1.89. The third-order valence-corrected chi connectivity index (χ3v) is 3.04. The van der Waals surface area contributed by atoms with E-state index in [1.807, 2.05) is 13.0 Å². The van der Waals surface area contributed by atoms with Crippen molar-refractivity contribution in [1.29, 1.82) is 0 Å². The van der Waals surface area contributed by atoms with E-state index >= 15 is 0 Å². The predicted octanol–water partition coefficient (Wildman–Crippen LogP) is 2.68. The van der Waals surface area contributed by atoms with E-state index in [0.29, 0.717) is 0 Å². The van der Waals surface area contributed by atoms with E-state index in [1.165, 1.54) is 24.8 Å². The Morgan fingerprint density at radius 2 is 2.24 bits per heavy atom. The molecule has 94 valence electrons. The second-order valence-corrected chi connectivity index (χ2v) is 4.82. The molecule has 0 radical (unpaired) electrons. The fourth-order valence-electron chi connectivity index (χ4n) is 1.89. The van der Waals surface area contributed by atoms with Crippen molar-refractivity contribution in [3.05, 3.63) is 23.4 Å². The van der Waals surface area contributed by atoms with Gasteiger partial charge < -0.3 is 10.1 Å². The Hall–Kier alpha value is -1.09. The molecule has 0 spiro atoms. The number of ether oxygens (including phenoxy) is 1. The minimum atomic E-state index is 0.776. The molecular weight excluding hydrogens is 212 g/mol.